The first kappa shape index (κ1) is 10.5. The molecule has 0 aliphatic rings. The SMILES string of the molecule is CC.Cc1c(N)cccc1C#N. The summed E-state index contributed by atoms with van der Waals surface area (Å²) in [6.07, 6.45) is 0. The zero-order valence-corrected chi connectivity index (χ0v) is 7.76. The van der Waals surface area contributed by atoms with E-state index in [1.54, 1.807) is 18.2 Å². The summed E-state index contributed by atoms with van der Waals surface area (Å²) in [7, 11) is 0. The summed E-state index contributed by atoms with van der Waals surface area (Å²) in [6.45, 7) is 5.84. The highest BCUT2D eigenvalue weighted by atomic mass is 14.6. The maximum atomic E-state index is 8.54. The summed E-state index contributed by atoms with van der Waals surface area (Å²) in [5.74, 6) is 0. The van der Waals surface area contributed by atoms with Crippen LogP contribution in [0.4, 0.5) is 5.69 Å². The third kappa shape index (κ3) is 2.28. The fourth-order valence-corrected chi connectivity index (χ4v) is 0.775. The van der Waals surface area contributed by atoms with Crippen molar-refractivity contribution >= 4 is 5.69 Å². The Morgan fingerprint density at radius 1 is 1.33 bits per heavy atom. The largest absolute Gasteiger partial charge is 0.398 e. The number of nitrogens with two attached hydrogens (primary N) is 1. The lowest BCUT2D eigenvalue weighted by atomic mass is 10.1. The molecule has 2 nitrogen and oxygen atoms in total. The molecule has 0 heterocycles. The standard InChI is InChI=1S/C8H8N2.C2H6/c1-6-7(5-9)3-2-4-8(6)10;1-2/h2-4H,10H2,1H3;1-2H3. The number of anilines is 1. The number of rotatable bonds is 0. The molecule has 1 rings (SSSR count). The van der Waals surface area contributed by atoms with Gasteiger partial charge in [-0.1, -0.05) is 19.9 Å². The predicted molar refractivity (Wildman–Crippen MR) is 51.7 cm³/mol. The summed E-state index contributed by atoms with van der Waals surface area (Å²) in [5, 5.41) is 8.54. The monoisotopic (exact) mass is 162 g/mol. The van der Waals surface area contributed by atoms with E-state index in [9.17, 15) is 0 Å². The number of nitrogen functional groups attached to an aromatic ring is 1. The Labute approximate surface area is 73.6 Å². The fraction of sp³-hybridized carbons (Fsp3) is 0.300. The van der Waals surface area contributed by atoms with Gasteiger partial charge in [-0.2, -0.15) is 5.26 Å². The van der Waals surface area contributed by atoms with Crippen LogP contribution in [0.25, 0.3) is 0 Å². The van der Waals surface area contributed by atoms with Crippen LogP contribution in [0.1, 0.15) is 25.0 Å². The van der Waals surface area contributed by atoms with Crippen LogP contribution >= 0.6 is 0 Å². The van der Waals surface area contributed by atoms with Gasteiger partial charge < -0.3 is 5.73 Å². The predicted octanol–water partition coefficient (Wildman–Crippen LogP) is 2.48. The molecule has 2 heteroatoms. The van der Waals surface area contributed by atoms with Gasteiger partial charge in [0.05, 0.1) is 11.6 Å². The average Bonchev–Trinajstić information content (AvgIpc) is 2.13. The van der Waals surface area contributed by atoms with Gasteiger partial charge in [-0.3, -0.25) is 0 Å². The van der Waals surface area contributed by atoms with Crippen molar-refractivity contribution in [3.05, 3.63) is 29.3 Å². The first-order valence-corrected chi connectivity index (χ1v) is 4.01. The Kier molecular flexibility index (Phi) is 4.55. The molecular formula is C10H14N2. The third-order valence-electron chi connectivity index (χ3n) is 1.50. The lowest BCUT2D eigenvalue weighted by molar-refractivity contribution is 1.40. The minimum Gasteiger partial charge on any atom is -0.398 e. The van der Waals surface area contributed by atoms with E-state index < -0.39 is 0 Å². The second kappa shape index (κ2) is 5.20. The molecule has 1 aromatic rings. The maximum Gasteiger partial charge on any atom is 0.0995 e. The van der Waals surface area contributed by atoms with Crippen LogP contribution < -0.4 is 5.73 Å². The molecule has 0 saturated carbocycles. The molecular weight excluding hydrogens is 148 g/mol. The normalized spacial score (nSPS) is 7.83. The molecule has 0 amide bonds. The van der Waals surface area contributed by atoms with Crippen molar-refractivity contribution in [3.8, 4) is 6.07 Å². The van der Waals surface area contributed by atoms with Crippen molar-refractivity contribution in [2.45, 2.75) is 20.8 Å². The van der Waals surface area contributed by atoms with E-state index in [0.29, 0.717) is 11.3 Å². The molecule has 0 saturated heterocycles. The van der Waals surface area contributed by atoms with E-state index in [-0.39, 0.29) is 0 Å². The quantitative estimate of drug-likeness (QED) is 0.596. The molecule has 1 aromatic carbocycles. The number of hydrogen-bond acceptors (Lipinski definition) is 2. The van der Waals surface area contributed by atoms with E-state index in [2.05, 4.69) is 6.07 Å². The average molecular weight is 162 g/mol. The molecule has 12 heavy (non-hydrogen) atoms. The van der Waals surface area contributed by atoms with E-state index in [0.717, 1.165) is 5.56 Å². The zero-order chi connectivity index (χ0) is 9.56. The fourth-order valence-electron chi connectivity index (χ4n) is 0.775. The summed E-state index contributed by atoms with van der Waals surface area (Å²) < 4.78 is 0. The summed E-state index contributed by atoms with van der Waals surface area (Å²) in [4.78, 5) is 0. The molecule has 0 aliphatic heterocycles. The van der Waals surface area contributed by atoms with E-state index in [1.807, 2.05) is 20.8 Å². The number of nitrogens with zero attached hydrogens (tertiary/aromatic N) is 1. The second-order valence-corrected chi connectivity index (χ2v) is 2.13. The molecule has 64 valence electrons. The van der Waals surface area contributed by atoms with Crippen LogP contribution in [0.3, 0.4) is 0 Å². The van der Waals surface area contributed by atoms with Crippen molar-refractivity contribution in [1.82, 2.24) is 0 Å². The highest BCUT2D eigenvalue weighted by molar-refractivity contribution is 5.53. The summed E-state index contributed by atoms with van der Waals surface area (Å²) in [5.41, 5.74) is 7.74. The van der Waals surface area contributed by atoms with Crippen LogP contribution in [0.5, 0.6) is 0 Å². The minimum atomic E-state index is 0.653. The highest BCUT2D eigenvalue weighted by Gasteiger charge is 1.97. The van der Waals surface area contributed by atoms with Crippen LogP contribution in [-0.4, -0.2) is 0 Å². The molecule has 0 bridgehead atoms. The van der Waals surface area contributed by atoms with Gasteiger partial charge in [-0.15, -0.1) is 0 Å². The number of hydrogen-bond donors (Lipinski definition) is 1. The van der Waals surface area contributed by atoms with Crippen LogP contribution in [-0.2, 0) is 0 Å². The Morgan fingerprint density at radius 2 is 1.92 bits per heavy atom. The van der Waals surface area contributed by atoms with E-state index in [1.165, 1.54) is 0 Å². The summed E-state index contributed by atoms with van der Waals surface area (Å²) >= 11 is 0. The lowest BCUT2D eigenvalue weighted by Gasteiger charge is -1.98. The van der Waals surface area contributed by atoms with Gasteiger partial charge in [-0.05, 0) is 24.6 Å². The van der Waals surface area contributed by atoms with E-state index in [4.69, 9.17) is 11.0 Å². The molecule has 0 aromatic heterocycles. The lowest BCUT2D eigenvalue weighted by Crippen LogP contribution is -1.91. The van der Waals surface area contributed by atoms with Crippen LogP contribution in [0, 0.1) is 18.3 Å². The molecule has 2 N–H and O–H groups in total. The Hall–Kier alpha value is -1.49. The first-order valence-electron chi connectivity index (χ1n) is 4.01. The molecule has 0 aliphatic carbocycles. The zero-order valence-electron chi connectivity index (χ0n) is 7.76. The smallest absolute Gasteiger partial charge is 0.0995 e. The third-order valence-corrected chi connectivity index (χ3v) is 1.50. The molecule has 0 fully saturated rings. The number of benzene rings is 1. The van der Waals surface area contributed by atoms with Gasteiger partial charge in [-0.25, -0.2) is 0 Å². The van der Waals surface area contributed by atoms with Crippen molar-refractivity contribution in [1.29, 1.82) is 5.26 Å². The van der Waals surface area contributed by atoms with Crippen molar-refractivity contribution in [2.24, 2.45) is 0 Å². The Morgan fingerprint density at radius 3 is 2.33 bits per heavy atom. The number of nitriles is 1. The highest BCUT2D eigenvalue weighted by Crippen LogP contribution is 2.13. The van der Waals surface area contributed by atoms with Crippen molar-refractivity contribution in [2.75, 3.05) is 5.73 Å². The molecule has 0 unspecified atom stereocenters. The Balaban J connectivity index is 0.000000561. The van der Waals surface area contributed by atoms with E-state index >= 15 is 0 Å². The van der Waals surface area contributed by atoms with Gasteiger partial charge in [0.2, 0.25) is 0 Å². The molecule has 0 atom stereocenters. The molecule has 0 spiro atoms. The van der Waals surface area contributed by atoms with Gasteiger partial charge in [0.15, 0.2) is 0 Å². The van der Waals surface area contributed by atoms with Crippen molar-refractivity contribution in [3.63, 3.8) is 0 Å². The first-order chi connectivity index (χ1) is 5.75. The van der Waals surface area contributed by atoms with Gasteiger partial charge in [0, 0.05) is 5.69 Å². The van der Waals surface area contributed by atoms with Crippen molar-refractivity contribution < 1.29 is 0 Å². The van der Waals surface area contributed by atoms with Crippen LogP contribution in [0.2, 0.25) is 0 Å². The van der Waals surface area contributed by atoms with Gasteiger partial charge >= 0.3 is 0 Å². The second-order valence-electron chi connectivity index (χ2n) is 2.13. The van der Waals surface area contributed by atoms with Crippen LogP contribution in [0.15, 0.2) is 18.2 Å². The summed E-state index contributed by atoms with van der Waals surface area (Å²) in [6, 6.07) is 7.38. The maximum absolute atomic E-state index is 8.54. The molecule has 0 radical (unpaired) electrons. The van der Waals surface area contributed by atoms with Gasteiger partial charge in [0.1, 0.15) is 0 Å². The topological polar surface area (TPSA) is 49.8 Å². The van der Waals surface area contributed by atoms with Gasteiger partial charge in [0.25, 0.3) is 0 Å². The minimum absolute atomic E-state index is 0.653. The Bertz CT molecular complexity index is 284.